The molecular weight excluding hydrogens is 350 g/mol. The van der Waals surface area contributed by atoms with Gasteiger partial charge in [-0.05, 0) is 61.9 Å². The maximum atomic E-state index is 12.6. The third-order valence-corrected chi connectivity index (χ3v) is 5.26. The Balaban J connectivity index is 1.28. The van der Waals surface area contributed by atoms with E-state index in [4.69, 9.17) is 0 Å². The highest BCUT2D eigenvalue weighted by molar-refractivity contribution is 5.89. The van der Waals surface area contributed by atoms with Crippen LogP contribution in [-0.4, -0.2) is 39.2 Å². The summed E-state index contributed by atoms with van der Waals surface area (Å²) in [5, 5.41) is 9.99. The van der Waals surface area contributed by atoms with Crippen molar-refractivity contribution in [3.63, 3.8) is 0 Å². The molecule has 2 heterocycles. The monoisotopic (exact) mass is 375 g/mol. The Hall–Kier alpha value is -3.15. The van der Waals surface area contributed by atoms with E-state index in [2.05, 4.69) is 50.8 Å². The molecule has 144 valence electrons. The fourth-order valence-electron chi connectivity index (χ4n) is 3.66. The molecule has 1 aromatic heterocycles. The number of carbonyl (C=O) groups is 1. The molecule has 1 saturated heterocycles. The molecule has 1 aliphatic rings. The number of nitrogens with one attached hydrogen (secondary N) is 2. The van der Waals surface area contributed by atoms with Crippen LogP contribution in [0.3, 0.4) is 0 Å². The van der Waals surface area contributed by atoms with Gasteiger partial charge in [-0.2, -0.15) is 5.10 Å². The molecule has 0 aliphatic carbocycles. The van der Waals surface area contributed by atoms with Crippen LogP contribution in [0.5, 0.6) is 0 Å². The van der Waals surface area contributed by atoms with E-state index in [1.54, 1.807) is 0 Å². The predicted molar refractivity (Wildman–Crippen MR) is 110 cm³/mol. The molecule has 0 atom stereocenters. The molecule has 1 aliphatic heterocycles. The van der Waals surface area contributed by atoms with E-state index in [-0.39, 0.29) is 6.03 Å². The third-order valence-electron chi connectivity index (χ3n) is 5.26. The summed E-state index contributed by atoms with van der Waals surface area (Å²) in [6, 6.07) is 18.2. The van der Waals surface area contributed by atoms with E-state index in [1.807, 2.05) is 36.1 Å². The van der Waals surface area contributed by atoms with Gasteiger partial charge in [-0.25, -0.2) is 9.78 Å². The van der Waals surface area contributed by atoms with Gasteiger partial charge in [0, 0.05) is 24.3 Å². The van der Waals surface area contributed by atoms with Crippen LogP contribution in [-0.2, 0) is 6.42 Å². The molecule has 0 unspecified atom stereocenters. The Morgan fingerprint density at radius 2 is 1.82 bits per heavy atom. The highest BCUT2D eigenvalue weighted by Gasteiger charge is 2.23. The maximum absolute atomic E-state index is 12.6. The number of benzene rings is 2. The summed E-state index contributed by atoms with van der Waals surface area (Å²) in [6.07, 6.45) is 3.19. The molecule has 2 amide bonds. The number of nitrogens with zero attached hydrogens (tertiary/aromatic N) is 3. The van der Waals surface area contributed by atoms with Crippen LogP contribution >= 0.6 is 0 Å². The van der Waals surface area contributed by atoms with E-state index < -0.39 is 0 Å². The molecule has 0 radical (unpaired) electrons. The molecule has 4 rings (SSSR count). The van der Waals surface area contributed by atoms with Crippen LogP contribution in [0.2, 0.25) is 0 Å². The van der Waals surface area contributed by atoms with Gasteiger partial charge in [0.2, 0.25) is 0 Å². The lowest BCUT2D eigenvalue weighted by atomic mass is 9.90. The van der Waals surface area contributed by atoms with Crippen molar-refractivity contribution < 1.29 is 4.79 Å². The van der Waals surface area contributed by atoms with Gasteiger partial charge in [0.15, 0.2) is 5.82 Å². The minimum Gasteiger partial charge on any atom is -0.325 e. The van der Waals surface area contributed by atoms with Gasteiger partial charge in [0.05, 0.1) is 0 Å². The molecule has 0 spiro atoms. The Kier molecular flexibility index (Phi) is 5.37. The molecule has 28 heavy (non-hydrogen) atoms. The number of piperidine rings is 1. The standard InChI is InChI=1S/C22H25N5O/c1-16-23-21(26-25-16)19-7-9-20(10-8-19)24-22(28)27-13-11-18(12-14-27)15-17-5-3-2-4-6-17/h2-10,18H,11-15H2,1H3,(H,24,28)(H,23,25,26). The fourth-order valence-corrected chi connectivity index (χ4v) is 3.66. The lowest BCUT2D eigenvalue weighted by Gasteiger charge is -2.32. The number of H-pyrrole nitrogens is 1. The van der Waals surface area contributed by atoms with E-state index in [9.17, 15) is 4.79 Å². The zero-order valence-electron chi connectivity index (χ0n) is 16.1. The Bertz CT molecular complexity index is 912. The number of aromatic amines is 1. The highest BCUT2D eigenvalue weighted by Crippen LogP contribution is 2.23. The highest BCUT2D eigenvalue weighted by atomic mass is 16.2. The quantitative estimate of drug-likeness (QED) is 0.715. The van der Waals surface area contributed by atoms with Crippen molar-refractivity contribution in [3.8, 4) is 11.4 Å². The predicted octanol–water partition coefficient (Wildman–Crippen LogP) is 4.27. The average molecular weight is 375 g/mol. The van der Waals surface area contributed by atoms with Gasteiger partial charge in [-0.1, -0.05) is 30.3 Å². The van der Waals surface area contributed by atoms with E-state index in [1.165, 1.54) is 5.56 Å². The summed E-state index contributed by atoms with van der Waals surface area (Å²) in [6.45, 7) is 3.48. The van der Waals surface area contributed by atoms with Gasteiger partial charge in [-0.15, -0.1) is 0 Å². The van der Waals surface area contributed by atoms with Crippen molar-refractivity contribution in [3.05, 3.63) is 66.0 Å². The molecule has 2 N–H and O–H groups in total. The smallest absolute Gasteiger partial charge is 0.321 e. The summed E-state index contributed by atoms with van der Waals surface area (Å²) in [4.78, 5) is 18.8. The molecule has 3 aromatic rings. The second-order valence-corrected chi connectivity index (χ2v) is 7.37. The van der Waals surface area contributed by atoms with Gasteiger partial charge < -0.3 is 10.2 Å². The Morgan fingerprint density at radius 3 is 2.46 bits per heavy atom. The number of amides is 2. The number of carbonyl (C=O) groups excluding carboxylic acids is 1. The number of urea groups is 1. The summed E-state index contributed by atoms with van der Waals surface area (Å²) < 4.78 is 0. The van der Waals surface area contributed by atoms with Crippen molar-refractivity contribution in [2.45, 2.75) is 26.2 Å². The normalized spacial score (nSPS) is 14.8. The third kappa shape index (κ3) is 4.39. The first kappa shape index (κ1) is 18.2. The maximum Gasteiger partial charge on any atom is 0.321 e. The van der Waals surface area contributed by atoms with Crippen molar-refractivity contribution in [2.75, 3.05) is 18.4 Å². The number of aromatic nitrogens is 3. The number of anilines is 1. The van der Waals surface area contributed by atoms with E-state index in [0.717, 1.165) is 49.4 Å². The minimum atomic E-state index is -0.0281. The van der Waals surface area contributed by atoms with Crippen molar-refractivity contribution in [2.24, 2.45) is 5.92 Å². The van der Waals surface area contributed by atoms with Crippen molar-refractivity contribution in [1.29, 1.82) is 0 Å². The summed E-state index contributed by atoms with van der Waals surface area (Å²) in [5.41, 5.74) is 3.09. The number of hydrogen-bond acceptors (Lipinski definition) is 3. The van der Waals surface area contributed by atoms with Crippen molar-refractivity contribution in [1.82, 2.24) is 20.1 Å². The van der Waals surface area contributed by atoms with E-state index >= 15 is 0 Å². The summed E-state index contributed by atoms with van der Waals surface area (Å²) in [5.74, 6) is 2.09. The van der Waals surface area contributed by atoms with Gasteiger partial charge in [0.25, 0.3) is 0 Å². The summed E-state index contributed by atoms with van der Waals surface area (Å²) in [7, 11) is 0. The number of likely N-dealkylation sites (tertiary alicyclic amines) is 1. The Morgan fingerprint density at radius 1 is 1.11 bits per heavy atom. The minimum absolute atomic E-state index is 0.0281. The first-order chi connectivity index (χ1) is 13.7. The SMILES string of the molecule is Cc1nc(-c2ccc(NC(=O)N3CCC(Cc4ccccc4)CC3)cc2)n[nH]1. The molecule has 6 nitrogen and oxygen atoms in total. The van der Waals surface area contributed by atoms with Gasteiger partial charge in [-0.3, -0.25) is 5.10 Å². The van der Waals surface area contributed by atoms with E-state index in [0.29, 0.717) is 11.7 Å². The van der Waals surface area contributed by atoms with Gasteiger partial charge >= 0.3 is 6.03 Å². The topological polar surface area (TPSA) is 73.9 Å². The molecule has 1 fully saturated rings. The van der Waals surface area contributed by atoms with Crippen LogP contribution in [0.25, 0.3) is 11.4 Å². The largest absolute Gasteiger partial charge is 0.325 e. The molecule has 2 aromatic carbocycles. The van der Waals surface area contributed by atoms with Crippen molar-refractivity contribution >= 4 is 11.7 Å². The molecule has 0 bridgehead atoms. The lowest BCUT2D eigenvalue weighted by Crippen LogP contribution is -2.41. The van der Waals surface area contributed by atoms with Gasteiger partial charge in [0.1, 0.15) is 5.82 Å². The van der Waals surface area contributed by atoms with Crippen LogP contribution in [0.1, 0.15) is 24.2 Å². The Labute approximate surface area is 165 Å². The zero-order valence-corrected chi connectivity index (χ0v) is 16.1. The first-order valence-electron chi connectivity index (χ1n) is 9.76. The molecule has 6 heteroatoms. The average Bonchev–Trinajstić information content (AvgIpc) is 3.16. The summed E-state index contributed by atoms with van der Waals surface area (Å²) >= 11 is 0. The van der Waals surface area contributed by atoms with Crippen LogP contribution < -0.4 is 5.32 Å². The van der Waals surface area contributed by atoms with Crippen LogP contribution in [0.15, 0.2) is 54.6 Å². The van der Waals surface area contributed by atoms with Crippen LogP contribution in [0, 0.1) is 12.8 Å². The lowest BCUT2D eigenvalue weighted by molar-refractivity contribution is 0.182. The first-order valence-corrected chi connectivity index (χ1v) is 9.76. The molecule has 0 saturated carbocycles. The fraction of sp³-hybridized carbons (Fsp3) is 0.318. The second-order valence-electron chi connectivity index (χ2n) is 7.37. The number of hydrogen-bond donors (Lipinski definition) is 2. The second kappa shape index (κ2) is 8.25. The number of rotatable bonds is 4. The van der Waals surface area contributed by atoms with Crippen LogP contribution in [0.4, 0.5) is 10.5 Å². The molecular formula is C22H25N5O. The zero-order chi connectivity index (χ0) is 19.3. The number of aryl methyl sites for hydroxylation is 1.